The molecule has 1 unspecified atom stereocenters. The first kappa shape index (κ1) is 26.0. The number of benzene rings is 2. The van der Waals surface area contributed by atoms with Gasteiger partial charge in [0.2, 0.25) is 11.9 Å². The van der Waals surface area contributed by atoms with E-state index in [-0.39, 0.29) is 18.8 Å². The first-order valence-corrected chi connectivity index (χ1v) is 14.6. The van der Waals surface area contributed by atoms with Gasteiger partial charge >= 0.3 is 0 Å². The van der Waals surface area contributed by atoms with E-state index in [1.165, 1.54) is 16.7 Å². The van der Waals surface area contributed by atoms with Gasteiger partial charge in [-0.25, -0.2) is 8.78 Å². The molecule has 2 aromatic heterocycles. The lowest BCUT2D eigenvalue weighted by atomic mass is 10.0. The number of piperidine rings is 1. The third-order valence-electron chi connectivity index (χ3n) is 8.87. The summed E-state index contributed by atoms with van der Waals surface area (Å²) in [5.41, 5.74) is 14.0. The van der Waals surface area contributed by atoms with Gasteiger partial charge in [-0.2, -0.15) is 9.67 Å². The molecule has 2 aromatic carbocycles. The Kier molecular flexibility index (Phi) is 6.65. The number of halogens is 2. The van der Waals surface area contributed by atoms with E-state index in [2.05, 4.69) is 66.9 Å². The normalized spacial score (nSPS) is 20.3. The standard InChI is InChI=1S/C31H34F2N8/c32-31(33)14-16-40(17-15-31)25-12-9-20-8-11-24(18-22(20)10-13-25)35-30-36-29(34)39-41(30)27-19-23-6-3-5-21-4-1-2-7-26(21)28(23)38-37-27/h1-2,4,7-8,11,18-19,25H,3,5-6,9-10,12-17H2,(H3,34,35,36,39). The van der Waals surface area contributed by atoms with Crippen molar-refractivity contribution in [1.29, 1.82) is 0 Å². The number of fused-ring (bicyclic) bond motifs is 4. The molecule has 0 amide bonds. The van der Waals surface area contributed by atoms with Crippen LogP contribution >= 0.6 is 0 Å². The lowest BCUT2D eigenvalue weighted by Gasteiger charge is -2.37. The highest BCUT2D eigenvalue weighted by Crippen LogP contribution is 2.34. The van der Waals surface area contributed by atoms with Crippen molar-refractivity contribution >= 4 is 17.6 Å². The molecule has 212 valence electrons. The zero-order chi connectivity index (χ0) is 28.0. The number of nitrogen functional groups attached to an aromatic ring is 1. The molecular formula is C31H34F2N8. The molecule has 4 aromatic rings. The van der Waals surface area contributed by atoms with Crippen molar-refractivity contribution in [2.24, 2.45) is 0 Å². The van der Waals surface area contributed by atoms with Crippen LogP contribution in [0.25, 0.3) is 17.1 Å². The van der Waals surface area contributed by atoms with Gasteiger partial charge in [0.25, 0.3) is 5.92 Å². The molecule has 8 nitrogen and oxygen atoms in total. The number of likely N-dealkylation sites (tertiary alicyclic amines) is 1. The minimum Gasteiger partial charge on any atom is -0.366 e. The Hall–Kier alpha value is -3.92. The second-order valence-corrected chi connectivity index (χ2v) is 11.5. The summed E-state index contributed by atoms with van der Waals surface area (Å²) in [6.45, 7) is 0.964. The van der Waals surface area contributed by atoms with Crippen LogP contribution < -0.4 is 11.1 Å². The first-order chi connectivity index (χ1) is 19.9. The zero-order valence-corrected chi connectivity index (χ0v) is 23.0. The highest BCUT2D eigenvalue weighted by atomic mass is 19.3. The zero-order valence-electron chi connectivity index (χ0n) is 23.0. The predicted octanol–water partition coefficient (Wildman–Crippen LogP) is 5.52. The van der Waals surface area contributed by atoms with E-state index in [0.29, 0.717) is 30.9 Å². The van der Waals surface area contributed by atoms with Crippen molar-refractivity contribution in [2.45, 2.75) is 69.8 Å². The number of rotatable bonds is 4. The third-order valence-corrected chi connectivity index (χ3v) is 8.87. The van der Waals surface area contributed by atoms with Crippen LogP contribution in [0.4, 0.5) is 26.4 Å². The van der Waals surface area contributed by atoms with Crippen LogP contribution in [0.2, 0.25) is 0 Å². The molecule has 10 heteroatoms. The van der Waals surface area contributed by atoms with Crippen molar-refractivity contribution in [1.82, 2.24) is 29.9 Å². The van der Waals surface area contributed by atoms with Crippen LogP contribution in [-0.2, 0) is 25.7 Å². The quantitative estimate of drug-likeness (QED) is 0.320. The molecule has 3 aliphatic rings. The minimum absolute atomic E-state index is 0.0315. The Morgan fingerprint density at radius 3 is 2.49 bits per heavy atom. The van der Waals surface area contributed by atoms with E-state index < -0.39 is 5.92 Å². The van der Waals surface area contributed by atoms with E-state index in [9.17, 15) is 8.78 Å². The summed E-state index contributed by atoms with van der Waals surface area (Å²) < 4.78 is 29.0. The second kappa shape index (κ2) is 10.5. The van der Waals surface area contributed by atoms with E-state index in [0.717, 1.165) is 67.5 Å². The van der Waals surface area contributed by atoms with Gasteiger partial charge in [0.15, 0.2) is 5.82 Å². The number of hydrogen-bond donors (Lipinski definition) is 2. The topological polar surface area (TPSA) is 97.8 Å². The summed E-state index contributed by atoms with van der Waals surface area (Å²) in [6.07, 6.45) is 6.73. The predicted molar refractivity (Wildman–Crippen MR) is 155 cm³/mol. The van der Waals surface area contributed by atoms with E-state index in [1.807, 2.05) is 12.1 Å². The Labute approximate surface area is 238 Å². The monoisotopic (exact) mass is 556 g/mol. The Bertz CT molecular complexity index is 1570. The maximum absolute atomic E-state index is 13.7. The van der Waals surface area contributed by atoms with Gasteiger partial charge in [-0.05, 0) is 85.4 Å². The van der Waals surface area contributed by atoms with Crippen LogP contribution in [-0.4, -0.2) is 54.9 Å². The maximum atomic E-state index is 13.7. The number of aromatic nitrogens is 5. The molecule has 0 spiro atoms. The van der Waals surface area contributed by atoms with Gasteiger partial charge in [0, 0.05) is 43.2 Å². The molecular weight excluding hydrogens is 522 g/mol. The summed E-state index contributed by atoms with van der Waals surface area (Å²) in [4.78, 5) is 6.72. The van der Waals surface area contributed by atoms with Gasteiger partial charge in [-0.15, -0.1) is 15.3 Å². The summed E-state index contributed by atoms with van der Waals surface area (Å²) in [5, 5.41) is 17.0. The molecule has 3 heterocycles. The van der Waals surface area contributed by atoms with Gasteiger partial charge in [-0.1, -0.05) is 30.3 Å². The van der Waals surface area contributed by atoms with Crippen molar-refractivity contribution in [3.8, 4) is 17.1 Å². The molecule has 1 atom stereocenters. The van der Waals surface area contributed by atoms with Crippen molar-refractivity contribution in [3.63, 3.8) is 0 Å². The highest BCUT2D eigenvalue weighted by molar-refractivity contribution is 5.68. The first-order valence-electron chi connectivity index (χ1n) is 14.6. The second-order valence-electron chi connectivity index (χ2n) is 11.5. The van der Waals surface area contributed by atoms with E-state index in [4.69, 9.17) is 5.73 Å². The Morgan fingerprint density at radius 2 is 1.63 bits per heavy atom. The number of nitrogens with one attached hydrogen (secondary N) is 1. The number of anilines is 3. The molecule has 0 radical (unpaired) electrons. The number of nitrogens with two attached hydrogens (primary N) is 1. The van der Waals surface area contributed by atoms with Crippen LogP contribution in [0.3, 0.4) is 0 Å². The number of aryl methyl sites for hydroxylation is 4. The van der Waals surface area contributed by atoms with Gasteiger partial charge in [0.05, 0.1) is 5.69 Å². The van der Waals surface area contributed by atoms with E-state index in [1.54, 1.807) is 4.68 Å². The average Bonchev–Trinajstić information content (AvgIpc) is 3.11. The summed E-state index contributed by atoms with van der Waals surface area (Å²) in [6, 6.07) is 17.1. The molecule has 0 bridgehead atoms. The van der Waals surface area contributed by atoms with Crippen LogP contribution in [0.1, 0.15) is 54.4 Å². The fourth-order valence-corrected chi connectivity index (χ4v) is 6.63. The average molecular weight is 557 g/mol. The SMILES string of the molecule is Nc1nc(Nc2ccc3c(c2)CCC(N2CCC(F)(F)CC2)CC3)n(-c2cc3c(nn2)-c2ccccc2CCC3)n1. The Morgan fingerprint density at radius 1 is 0.854 bits per heavy atom. The fraction of sp³-hybridized carbons (Fsp3) is 0.419. The third kappa shape index (κ3) is 5.28. The molecule has 41 heavy (non-hydrogen) atoms. The smallest absolute Gasteiger partial charge is 0.250 e. The van der Waals surface area contributed by atoms with Gasteiger partial charge in [-0.3, -0.25) is 4.90 Å². The van der Waals surface area contributed by atoms with E-state index >= 15 is 0 Å². The van der Waals surface area contributed by atoms with Gasteiger partial charge < -0.3 is 11.1 Å². The maximum Gasteiger partial charge on any atom is 0.250 e. The van der Waals surface area contributed by atoms with Crippen LogP contribution in [0, 0.1) is 0 Å². The molecule has 3 N–H and O–H groups in total. The fourth-order valence-electron chi connectivity index (χ4n) is 6.63. The molecule has 1 aliphatic heterocycles. The minimum atomic E-state index is -2.51. The number of nitrogens with zero attached hydrogens (tertiary/aromatic N) is 6. The number of alkyl halides is 2. The summed E-state index contributed by atoms with van der Waals surface area (Å²) in [7, 11) is 0. The van der Waals surface area contributed by atoms with Crippen molar-refractivity contribution < 1.29 is 8.78 Å². The van der Waals surface area contributed by atoms with Crippen molar-refractivity contribution in [3.05, 3.63) is 70.8 Å². The molecule has 1 fully saturated rings. The molecule has 2 aliphatic carbocycles. The van der Waals surface area contributed by atoms with Gasteiger partial charge in [0.1, 0.15) is 0 Å². The Balaban J connectivity index is 1.10. The van der Waals surface area contributed by atoms with Crippen LogP contribution in [0.15, 0.2) is 48.5 Å². The highest BCUT2D eigenvalue weighted by Gasteiger charge is 2.36. The summed E-state index contributed by atoms with van der Waals surface area (Å²) in [5.74, 6) is -1.31. The summed E-state index contributed by atoms with van der Waals surface area (Å²) >= 11 is 0. The molecule has 7 rings (SSSR count). The molecule has 1 saturated heterocycles. The van der Waals surface area contributed by atoms with Crippen LogP contribution in [0.5, 0.6) is 0 Å². The largest absolute Gasteiger partial charge is 0.366 e. The lowest BCUT2D eigenvalue weighted by molar-refractivity contribution is -0.0640. The van der Waals surface area contributed by atoms with Crippen molar-refractivity contribution in [2.75, 3.05) is 24.1 Å². The molecule has 0 saturated carbocycles. The lowest BCUT2D eigenvalue weighted by Crippen LogP contribution is -2.45. The number of hydrogen-bond acceptors (Lipinski definition) is 7.